The molecule has 0 aromatic heterocycles. The molecule has 0 fully saturated rings. The van der Waals surface area contributed by atoms with E-state index in [1.165, 1.54) is 6.26 Å². The highest BCUT2D eigenvalue weighted by atomic mass is 79.9. The van der Waals surface area contributed by atoms with Crippen molar-refractivity contribution >= 4 is 25.8 Å². The maximum Gasteiger partial charge on any atom is 0.154 e. The second-order valence-electron chi connectivity index (χ2n) is 5.38. The van der Waals surface area contributed by atoms with Crippen LogP contribution in [0.4, 0.5) is 0 Å². The number of benzene rings is 1. The summed E-state index contributed by atoms with van der Waals surface area (Å²) in [5.41, 5.74) is 0.970. The number of halogens is 1. The first kappa shape index (κ1) is 17.5. The van der Waals surface area contributed by atoms with Crippen LogP contribution in [0.1, 0.15) is 19.4 Å². The van der Waals surface area contributed by atoms with Crippen LogP contribution in [0, 0.1) is 0 Å². The van der Waals surface area contributed by atoms with Crippen molar-refractivity contribution in [2.24, 2.45) is 0 Å². The average Bonchev–Trinajstić information content (AvgIpc) is 2.34. The molecule has 1 rings (SSSR count). The number of hydrogen-bond acceptors (Lipinski definition) is 4. The Hall–Kier alpha value is -0.590. The molecule has 1 N–H and O–H groups in total. The van der Waals surface area contributed by atoms with Gasteiger partial charge in [0.05, 0.1) is 11.9 Å². The number of ether oxygens (including phenoxy) is 1. The number of sulfone groups is 1. The molecule has 0 bridgehead atoms. The van der Waals surface area contributed by atoms with E-state index in [1.807, 2.05) is 18.2 Å². The highest BCUT2D eigenvalue weighted by Crippen LogP contribution is 2.28. The predicted molar refractivity (Wildman–Crippen MR) is 86.2 cm³/mol. The molecular formula is C14H22BrNO3S. The van der Waals surface area contributed by atoms with Gasteiger partial charge in [-0.15, -0.1) is 0 Å². The normalized spacial score (nSPS) is 14.1. The van der Waals surface area contributed by atoms with E-state index in [2.05, 4.69) is 21.2 Å². The van der Waals surface area contributed by atoms with Crippen molar-refractivity contribution in [1.82, 2.24) is 5.32 Å². The lowest BCUT2D eigenvalue weighted by Gasteiger charge is -2.33. The number of likely N-dealkylation sites (N-methyl/N-ethyl adjacent to an activating group) is 1. The zero-order valence-corrected chi connectivity index (χ0v) is 14.9. The third kappa shape index (κ3) is 3.74. The van der Waals surface area contributed by atoms with Gasteiger partial charge in [-0.05, 0) is 51.1 Å². The van der Waals surface area contributed by atoms with E-state index in [-0.39, 0.29) is 6.04 Å². The molecule has 1 atom stereocenters. The molecule has 0 radical (unpaired) electrons. The standard InChI is InChI=1S/C14H22BrNO3S/c1-14(2,20(5,17)18)13(16-3)9-10-8-11(15)6-7-12(10)19-4/h6-8,13,16H,9H2,1-5H3. The van der Waals surface area contributed by atoms with E-state index in [4.69, 9.17) is 4.74 Å². The van der Waals surface area contributed by atoms with Gasteiger partial charge in [0.25, 0.3) is 0 Å². The van der Waals surface area contributed by atoms with Crippen LogP contribution < -0.4 is 10.1 Å². The van der Waals surface area contributed by atoms with Crippen LogP contribution in [-0.2, 0) is 16.3 Å². The Morgan fingerprint density at radius 1 is 1.40 bits per heavy atom. The van der Waals surface area contributed by atoms with Gasteiger partial charge in [-0.1, -0.05) is 15.9 Å². The van der Waals surface area contributed by atoms with Crippen LogP contribution in [0.25, 0.3) is 0 Å². The predicted octanol–water partition coefficient (Wildman–Crippen LogP) is 2.41. The summed E-state index contributed by atoms with van der Waals surface area (Å²) in [7, 11) is 0.215. The molecule has 1 unspecified atom stereocenters. The van der Waals surface area contributed by atoms with Crippen LogP contribution in [0.15, 0.2) is 22.7 Å². The monoisotopic (exact) mass is 363 g/mol. The number of hydrogen-bond donors (Lipinski definition) is 1. The van der Waals surface area contributed by atoms with Gasteiger partial charge >= 0.3 is 0 Å². The summed E-state index contributed by atoms with van der Waals surface area (Å²) < 4.78 is 29.4. The molecule has 0 heterocycles. The van der Waals surface area contributed by atoms with Crippen molar-refractivity contribution in [3.63, 3.8) is 0 Å². The molecule has 0 aliphatic rings. The second kappa shape index (κ2) is 6.45. The molecule has 0 aliphatic heterocycles. The molecule has 20 heavy (non-hydrogen) atoms. The first-order chi connectivity index (χ1) is 9.13. The molecule has 1 aromatic carbocycles. The van der Waals surface area contributed by atoms with Crippen molar-refractivity contribution in [2.75, 3.05) is 20.4 Å². The number of methoxy groups -OCH3 is 1. The second-order valence-corrected chi connectivity index (χ2v) is 8.89. The molecule has 0 aliphatic carbocycles. The minimum Gasteiger partial charge on any atom is -0.496 e. The first-order valence-corrected chi connectivity index (χ1v) is 9.01. The first-order valence-electron chi connectivity index (χ1n) is 6.32. The highest BCUT2D eigenvalue weighted by Gasteiger charge is 2.38. The minimum absolute atomic E-state index is 0.208. The maximum atomic E-state index is 12.0. The van der Waals surface area contributed by atoms with Crippen molar-refractivity contribution in [2.45, 2.75) is 31.1 Å². The SMILES string of the molecule is CNC(Cc1cc(Br)ccc1OC)C(C)(C)S(C)(=O)=O. The lowest BCUT2D eigenvalue weighted by Crippen LogP contribution is -2.51. The molecule has 0 spiro atoms. The lowest BCUT2D eigenvalue weighted by atomic mass is 9.95. The summed E-state index contributed by atoms with van der Waals surface area (Å²) in [5.74, 6) is 0.762. The lowest BCUT2D eigenvalue weighted by molar-refractivity contribution is 0.394. The summed E-state index contributed by atoms with van der Waals surface area (Å²) in [5, 5.41) is 3.12. The van der Waals surface area contributed by atoms with E-state index in [9.17, 15) is 8.42 Å². The minimum atomic E-state index is -3.18. The van der Waals surface area contributed by atoms with Crippen LogP contribution in [0.5, 0.6) is 5.75 Å². The summed E-state index contributed by atoms with van der Waals surface area (Å²) in [4.78, 5) is 0. The van der Waals surface area contributed by atoms with Gasteiger partial charge in [-0.25, -0.2) is 8.42 Å². The van der Waals surface area contributed by atoms with Gasteiger partial charge in [0.1, 0.15) is 5.75 Å². The Morgan fingerprint density at radius 3 is 2.45 bits per heavy atom. The highest BCUT2D eigenvalue weighted by molar-refractivity contribution is 9.10. The van der Waals surface area contributed by atoms with Crippen molar-refractivity contribution in [3.05, 3.63) is 28.2 Å². The third-order valence-electron chi connectivity index (χ3n) is 3.81. The Kier molecular flexibility index (Phi) is 5.63. The van der Waals surface area contributed by atoms with Crippen molar-refractivity contribution < 1.29 is 13.2 Å². The van der Waals surface area contributed by atoms with Crippen LogP contribution in [0.3, 0.4) is 0 Å². The Balaban J connectivity index is 3.15. The molecule has 1 aromatic rings. The third-order valence-corrected chi connectivity index (χ3v) is 6.50. The Morgan fingerprint density at radius 2 is 2.00 bits per heavy atom. The quantitative estimate of drug-likeness (QED) is 0.842. The summed E-state index contributed by atoms with van der Waals surface area (Å²) in [6.45, 7) is 3.49. The number of rotatable bonds is 6. The topological polar surface area (TPSA) is 55.4 Å². The molecule has 114 valence electrons. The average molecular weight is 364 g/mol. The maximum absolute atomic E-state index is 12.0. The number of nitrogens with one attached hydrogen (secondary N) is 1. The Labute approximate surface area is 130 Å². The Bertz CT molecular complexity index is 570. The van der Waals surface area contributed by atoms with Gasteiger partial charge in [0, 0.05) is 16.8 Å². The van der Waals surface area contributed by atoms with Crippen LogP contribution in [-0.4, -0.2) is 39.6 Å². The van der Waals surface area contributed by atoms with Crippen molar-refractivity contribution in [3.8, 4) is 5.75 Å². The van der Waals surface area contributed by atoms with Gasteiger partial charge in [-0.2, -0.15) is 0 Å². The fourth-order valence-corrected chi connectivity index (χ4v) is 3.21. The van der Waals surface area contributed by atoms with Gasteiger partial charge in [-0.3, -0.25) is 0 Å². The largest absolute Gasteiger partial charge is 0.496 e. The van der Waals surface area contributed by atoms with E-state index < -0.39 is 14.6 Å². The van der Waals surface area contributed by atoms with Crippen LogP contribution in [0.2, 0.25) is 0 Å². The van der Waals surface area contributed by atoms with E-state index in [0.29, 0.717) is 6.42 Å². The van der Waals surface area contributed by atoms with Gasteiger partial charge in [0.15, 0.2) is 9.84 Å². The van der Waals surface area contributed by atoms with Crippen molar-refractivity contribution in [1.29, 1.82) is 0 Å². The molecule has 4 nitrogen and oxygen atoms in total. The molecule has 0 saturated carbocycles. The van der Waals surface area contributed by atoms with E-state index in [1.54, 1.807) is 28.0 Å². The smallest absolute Gasteiger partial charge is 0.154 e. The summed E-state index contributed by atoms with van der Waals surface area (Å²) in [6, 6.07) is 5.53. The fourth-order valence-electron chi connectivity index (χ4n) is 2.08. The van der Waals surface area contributed by atoms with Gasteiger partial charge in [0.2, 0.25) is 0 Å². The summed E-state index contributed by atoms with van der Waals surface area (Å²) >= 11 is 3.43. The zero-order chi connectivity index (χ0) is 15.6. The fraction of sp³-hybridized carbons (Fsp3) is 0.571. The van der Waals surface area contributed by atoms with Crippen LogP contribution >= 0.6 is 15.9 Å². The zero-order valence-electron chi connectivity index (χ0n) is 12.5. The molecule has 0 amide bonds. The molecular weight excluding hydrogens is 342 g/mol. The van der Waals surface area contributed by atoms with E-state index >= 15 is 0 Å². The molecule has 0 saturated heterocycles. The molecule has 6 heteroatoms. The summed E-state index contributed by atoms with van der Waals surface area (Å²) in [6.07, 6.45) is 1.84. The van der Waals surface area contributed by atoms with Gasteiger partial charge < -0.3 is 10.1 Å². The van der Waals surface area contributed by atoms with E-state index in [0.717, 1.165) is 15.8 Å².